The van der Waals surface area contributed by atoms with Crippen LogP contribution in [-0.2, 0) is 0 Å². The maximum Gasteiger partial charge on any atom is -0.0165 e. The number of hydrogen-bond donors (Lipinski definition) is 0. The van der Waals surface area contributed by atoms with Crippen LogP contribution in [0, 0.1) is 23.7 Å². The third kappa shape index (κ3) is 2.74. The van der Waals surface area contributed by atoms with Crippen molar-refractivity contribution in [1.29, 1.82) is 0 Å². The van der Waals surface area contributed by atoms with Crippen LogP contribution in [0.15, 0.2) is 24.3 Å². The van der Waals surface area contributed by atoms with Crippen molar-refractivity contribution < 1.29 is 0 Å². The molecule has 0 amide bonds. The van der Waals surface area contributed by atoms with E-state index in [1.54, 1.807) is 0 Å². The molecule has 4 atom stereocenters. The van der Waals surface area contributed by atoms with E-state index in [2.05, 4.69) is 38.2 Å². The zero-order chi connectivity index (χ0) is 10.7. The van der Waals surface area contributed by atoms with Crippen LogP contribution in [0.25, 0.3) is 0 Å². The maximum absolute atomic E-state index is 2.50. The average Bonchev–Trinajstić information content (AvgIpc) is 2.85. The third-order valence-corrected chi connectivity index (χ3v) is 4.24. The molecule has 0 aromatic carbocycles. The van der Waals surface area contributed by atoms with Gasteiger partial charge in [0.25, 0.3) is 0 Å². The highest BCUT2D eigenvalue weighted by Crippen LogP contribution is 2.43. The quantitative estimate of drug-likeness (QED) is 0.575. The summed E-state index contributed by atoms with van der Waals surface area (Å²) in [6.45, 7) is 4.64. The van der Waals surface area contributed by atoms with Gasteiger partial charge in [-0.1, -0.05) is 44.6 Å². The zero-order valence-corrected chi connectivity index (χ0v) is 10.2. The molecule has 0 N–H and O–H groups in total. The Hall–Kier alpha value is -0.520. The summed E-state index contributed by atoms with van der Waals surface area (Å²) < 4.78 is 0. The van der Waals surface area contributed by atoms with Gasteiger partial charge in [0.05, 0.1) is 0 Å². The second kappa shape index (κ2) is 5.01. The minimum absolute atomic E-state index is 0.872. The maximum atomic E-state index is 2.50. The largest absolute Gasteiger partial charge is 0.0882 e. The van der Waals surface area contributed by atoms with Crippen molar-refractivity contribution in [2.24, 2.45) is 23.7 Å². The standard InChI is InChI=1S/C15H24/c1-3-12(2)6-4-5-7-14-10-13-8-9-15(14)11-13/h5,7-9,12-15H,3-4,6,10-11H2,1-2H3. The molecular formula is C15H24. The van der Waals surface area contributed by atoms with Crippen molar-refractivity contribution in [1.82, 2.24) is 0 Å². The SMILES string of the molecule is CCC(C)CCC=CC1CC2C=CC1C2. The molecule has 0 nitrogen and oxygen atoms in total. The summed E-state index contributed by atoms with van der Waals surface area (Å²) in [5.74, 6) is 3.57. The fourth-order valence-electron chi connectivity index (χ4n) is 2.90. The number of rotatable bonds is 5. The molecule has 2 aliphatic carbocycles. The summed E-state index contributed by atoms with van der Waals surface area (Å²) in [6, 6.07) is 0. The van der Waals surface area contributed by atoms with E-state index in [1.807, 2.05) is 0 Å². The highest BCUT2D eigenvalue weighted by atomic mass is 14.4. The Morgan fingerprint density at radius 3 is 2.80 bits per heavy atom. The Labute approximate surface area is 94.5 Å². The predicted molar refractivity (Wildman–Crippen MR) is 66.7 cm³/mol. The number of fused-ring (bicyclic) bond motifs is 2. The molecule has 0 heteroatoms. The summed E-state index contributed by atoms with van der Waals surface area (Å²) in [5, 5.41) is 0. The molecule has 0 heterocycles. The fourth-order valence-corrected chi connectivity index (χ4v) is 2.90. The van der Waals surface area contributed by atoms with Gasteiger partial charge < -0.3 is 0 Å². The fraction of sp³-hybridized carbons (Fsp3) is 0.733. The first-order chi connectivity index (χ1) is 7.29. The van der Waals surface area contributed by atoms with Crippen LogP contribution in [0.4, 0.5) is 0 Å². The van der Waals surface area contributed by atoms with Crippen LogP contribution in [0.2, 0.25) is 0 Å². The van der Waals surface area contributed by atoms with Crippen molar-refractivity contribution in [3.05, 3.63) is 24.3 Å². The van der Waals surface area contributed by atoms with Crippen molar-refractivity contribution in [2.75, 3.05) is 0 Å². The lowest BCUT2D eigenvalue weighted by Gasteiger charge is -2.13. The van der Waals surface area contributed by atoms with E-state index in [0.717, 1.165) is 23.7 Å². The molecule has 0 saturated heterocycles. The zero-order valence-electron chi connectivity index (χ0n) is 10.2. The van der Waals surface area contributed by atoms with E-state index in [1.165, 1.54) is 32.1 Å². The van der Waals surface area contributed by atoms with Crippen LogP contribution in [0.3, 0.4) is 0 Å². The van der Waals surface area contributed by atoms with Crippen LogP contribution < -0.4 is 0 Å². The lowest BCUT2D eigenvalue weighted by molar-refractivity contribution is 0.516. The minimum atomic E-state index is 0.872. The molecule has 0 aromatic rings. The second-order valence-electron chi connectivity index (χ2n) is 5.46. The van der Waals surface area contributed by atoms with E-state index in [4.69, 9.17) is 0 Å². The Bertz CT molecular complexity index is 249. The summed E-state index contributed by atoms with van der Waals surface area (Å²) in [7, 11) is 0. The molecule has 0 spiro atoms. The van der Waals surface area contributed by atoms with Gasteiger partial charge in [-0.15, -0.1) is 0 Å². The van der Waals surface area contributed by atoms with Crippen LogP contribution in [0.5, 0.6) is 0 Å². The van der Waals surface area contributed by atoms with E-state index >= 15 is 0 Å². The van der Waals surface area contributed by atoms with Crippen molar-refractivity contribution >= 4 is 0 Å². The molecule has 15 heavy (non-hydrogen) atoms. The van der Waals surface area contributed by atoms with Gasteiger partial charge in [-0.05, 0) is 49.4 Å². The monoisotopic (exact) mass is 204 g/mol. The first kappa shape index (κ1) is 11.0. The Kier molecular flexibility index (Phi) is 3.66. The van der Waals surface area contributed by atoms with E-state index in [-0.39, 0.29) is 0 Å². The molecule has 2 rings (SSSR count). The first-order valence-corrected chi connectivity index (χ1v) is 6.64. The van der Waals surface area contributed by atoms with E-state index in [0.29, 0.717) is 0 Å². The summed E-state index contributed by atoms with van der Waals surface area (Å²) >= 11 is 0. The van der Waals surface area contributed by atoms with Crippen LogP contribution in [0.1, 0.15) is 46.0 Å². The van der Waals surface area contributed by atoms with Gasteiger partial charge in [0.15, 0.2) is 0 Å². The van der Waals surface area contributed by atoms with Gasteiger partial charge in [-0.25, -0.2) is 0 Å². The van der Waals surface area contributed by atoms with Gasteiger partial charge in [0.2, 0.25) is 0 Å². The smallest absolute Gasteiger partial charge is 0.0165 e. The highest BCUT2D eigenvalue weighted by molar-refractivity contribution is 5.14. The molecule has 0 aromatic heterocycles. The van der Waals surface area contributed by atoms with Gasteiger partial charge in [0.1, 0.15) is 0 Å². The van der Waals surface area contributed by atoms with Gasteiger partial charge in [0, 0.05) is 0 Å². The van der Waals surface area contributed by atoms with Crippen LogP contribution >= 0.6 is 0 Å². The predicted octanol–water partition coefficient (Wildman–Crippen LogP) is 4.58. The van der Waals surface area contributed by atoms with Gasteiger partial charge >= 0.3 is 0 Å². The topological polar surface area (TPSA) is 0 Å². The van der Waals surface area contributed by atoms with Gasteiger partial charge in [-0.2, -0.15) is 0 Å². The molecule has 1 fully saturated rings. The summed E-state index contributed by atoms with van der Waals surface area (Å²) in [5.41, 5.74) is 0. The average molecular weight is 204 g/mol. The Morgan fingerprint density at radius 2 is 2.20 bits per heavy atom. The normalized spacial score (nSPS) is 35.5. The molecule has 4 unspecified atom stereocenters. The van der Waals surface area contributed by atoms with E-state index in [9.17, 15) is 0 Å². The Balaban J connectivity index is 1.69. The lowest BCUT2D eigenvalue weighted by Crippen LogP contribution is -2.02. The molecule has 0 aliphatic heterocycles. The Morgan fingerprint density at radius 1 is 1.33 bits per heavy atom. The molecule has 1 saturated carbocycles. The molecular weight excluding hydrogens is 180 g/mol. The molecule has 0 radical (unpaired) electrons. The van der Waals surface area contributed by atoms with Crippen LogP contribution in [-0.4, -0.2) is 0 Å². The van der Waals surface area contributed by atoms with Crippen molar-refractivity contribution in [3.63, 3.8) is 0 Å². The number of hydrogen-bond acceptors (Lipinski definition) is 0. The molecule has 84 valence electrons. The van der Waals surface area contributed by atoms with Crippen molar-refractivity contribution in [2.45, 2.75) is 46.0 Å². The highest BCUT2D eigenvalue weighted by Gasteiger charge is 2.33. The second-order valence-corrected chi connectivity index (χ2v) is 5.46. The molecule has 2 aliphatic rings. The third-order valence-electron chi connectivity index (χ3n) is 4.24. The molecule has 2 bridgehead atoms. The summed E-state index contributed by atoms with van der Waals surface area (Å²) in [4.78, 5) is 0. The van der Waals surface area contributed by atoms with E-state index < -0.39 is 0 Å². The van der Waals surface area contributed by atoms with Crippen molar-refractivity contribution in [3.8, 4) is 0 Å². The number of allylic oxidation sites excluding steroid dienone is 4. The van der Waals surface area contributed by atoms with Gasteiger partial charge in [-0.3, -0.25) is 0 Å². The first-order valence-electron chi connectivity index (χ1n) is 6.64. The minimum Gasteiger partial charge on any atom is -0.0882 e. The summed E-state index contributed by atoms with van der Waals surface area (Å²) in [6.07, 6.45) is 16.6. The lowest BCUT2D eigenvalue weighted by atomic mass is 9.92.